The molecule has 1 atom stereocenters. The lowest BCUT2D eigenvalue weighted by Crippen LogP contribution is -2.03. The summed E-state index contributed by atoms with van der Waals surface area (Å²) in [6, 6.07) is 9.05. The Morgan fingerprint density at radius 1 is 1.17 bits per heavy atom. The molecule has 0 aliphatic rings. The molecule has 0 spiro atoms. The molecule has 1 heterocycles. The number of rotatable bonds is 3. The van der Waals surface area contributed by atoms with Crippen molar-refractivity contribution in [2.45, 2.75) is 19.4 Å². The minimum absolute atomic E-state index is 0.378. The zero-order valence-electron chi connectivity index (χ0n) is 9.90. The zero-order valence-corrected chi connectivity index (χ0v) is 11.4. The van der Waals surface area contributed by atoms with Crippen molar-refractivity contribution in [1.82, 2.24) is 4.98 Å². The van der Waals surface area contributed by atoms with Gasteiger partial charge in [0.15, 0.2) is 0 Å². The van der Waals surface area contributed by atoms with Crippen LogP contribution in [0, 0.1) is 6.92 Å². The number of aliphatic hydroxyl groups excluding tert-OH is 1. The van der Waals surface area contributed by atoms with Crippen LogP contribution in [0.1, 0.15) is 22.9 Å². The summed E-state index contributed by atoms with van der Waals surface area (Å²) in [6.45, 7) is 1.90. The zero-order chi connectivity index (χ0) is 13.1. The van der Waals surface area contributed by atoms with Crippen molar-refractivity contribution in [3.05, 3.63) is 63.4 Å². The average molecular weight is 282 g/mol. The maximum absolute atomic E-state index is 10.2. The molecular weight excluding hydrogens is 269 g/mol. The second-order valence-corrected chi connectivity index (χ2v) is 4.97. The Kier molecular flexibility index (Phi) is 4.23. The molecule has 2 nitrogen and oxygen atoms in total. The van der Waals surface area contributed by atoms with Gasteiger partial charge in [-0.1, -0.05) is 35.3 Å². The van der Waals surface area contributed by atoms with Gasteiger partial charge in [0.25, 0.3) is 0 Å². The molecule has 0 saturated carbocycles. The molecule has 4 heteroatoms. The molecule has 0 fully saturated rings. The number of pyridine rings is 1. The largest absolute Gasteiger partial charge is 0.388 e. The van der Waals surface area contributed by atoms with Crippen LogP contribution in [0.2, 0.25) is 10.0 Å². The van der Waals surface area contributed by atoms with Gasteiger partial charge in [0.2, 0.25) is 0 Å². The Morgan fingerprint density at radius 3 is 2.39 bits per heavy atom. The molecule has 2 rings (SSSR count). The lowest BCUT2D eigenvalue weighted by Gasteiger charge is -2.13. The van der Waals surface area contributed by atoms with Gasteiger partial charge in [-0.05, 0) is 36.2 Å². The highest BCUT2D eigenvalue weighted by atomic mass is 35.5. The van der Waals surface area contributed by atoms with E-state index in [1.54, 1.807) is 24.4 Å². The first-order valence-electron chi connectivity index (χ1n) is 5.61. The molecule has 1 aromatic carbocycles. The van der Waals surface area contributed by atoms with Crippen LogP contribution < -0.4 is 0 Å². The first-order valence-corrected chi connectivity index (χ1v) is 6.37. The monoisotopic (exact) mass is 281 g/mol. The van der Waals surface area contributed by atoms with E-state index < -0.39 is 6.10 Å². The second kappa shape index (κ2) is 5.70. The van der Waals surface area contributed by atoms with Crippen LogP contribution in [0.25, 0.3) is 0 Å². The van der Waals surface area contributed by atoms with Crippen molar-refractivity contribution < 1.29 is 5.11 Å². The van der Waals surface area contributed by atoms with Gasteiger partial charge >= 0.3 is 0 Å². The molecule has 18 heavy (non-hydrogen) atoms. The Bertz CT molecular complexity index is 520. The highest BCUT2D eigenvalue weighted by molar-refractivity contribution is 6.35. The van der Waals surface area contributed by atoms with Crippen LogP contribution in [-0.2, 0) is 6.42 Å². The number of aromatic nitrogens is 1. The van der Waals surface area contributed by atoms with Crippen molar-refractivity contribution in [3.63, 3.8) is 0 Å². The second-order valence-electron chi connectivity index (χ2n) is 4.15. The minimum Gasteiger partial charge on any atom is -0.388 e. The Labute approximate surface area is 116 Å². The number of aryl methyl sites for hydroxylation is 1. The van der Waals surface area contributed by atoms with E-state index in [0.717, 1.165) is 16.8 Å². The van der Waals surface area contributed by atoms with Crippen molar-refractivity contribution >= 4 is 23.2 Å². The maximum atomic E-state index is 10.2. The molecule has 1 unspecified atom stereocenters. The highest BCUT2D eigenvalue weighted by Crippen LogP contribution is 2.29. The van der Waals surface area contributed by atoms with Gasteiger partial charge < -0.3 is 5.11 Å². The summed E-state index contributed by atoms with van der Waals surface area (Å²) in [5.41, 5.74) is 2.44. The van der Waals surface area contributed by atoms with Crippen LogP contribution in [-0.4, -0.2) is 10.1 Å². The first-order chi connectivity index (χ1) is 8.58. The summed E-state index contributed by atoms with van der Waals surface area (Å²) < 4.78 is 0. The van der Waals surface area contributed by atoms with Crippen LogP contribution >= 0.6 is 23.2 Å². The fourth-order valence-corrected chi connectivity index (χ4v) is 2.27. The van der Waals surface area contributed by atoms with Gasteiger partial charge in [0.1, 0.15) is 0 Å². The normalized spacial score (nSPS) is 12.4. The predicted molar refractivity (Wildman–Crippen MR) is 74.1 cm³/mol. The number of nitrogens with zero attached hydrogens (tertiary/aromatic N) is 1. The molecule has 0 saturated heterocycles. The maximum Gasteiger partial charge on any atom is 0.0846 e. The predicted octanol–water partition coefficient (Wildman–Crippen LogP) is 3.97. The van der Waals surface area contributed by atoms with Crippen LogP contribution in [0.15, 0.2) is 36.5 Å². The van der Waals surface area contributed by atoms with Crippen LogP contribution in [0.3, 0.4) is 0 Å². The van der Waals surface area contributed by atoms with E-state index in [9.17, 15) is 5.11 Å². The lowest BCUT2D eigenvalue weighted by atomic mass is 10.0. The van der Waals surface area contributed by atoms with E-state index in [-0.39, 0.29) is 0 Å². The van der Waals surface area contributed by atoms with E-state index in [1.165, 1.54) is 0 Å². The van der Waals surface area contributed by atoms with Gasteiger partial charge in [0, 0.05) is 28.4 Å². The summed E-state index contributed by atoms with van der Waals surface area (Å²) in [5.74, 6) is 0. The Morgan fingerprint density at radius 2 is 1.83 bits per heavy atom. The quantitative estimate of drug-likeness (QED) is 0.923. The average Bonchev–Trinajstić information content (AvgIpc) is 2.34. The van der Waals surface area contributed by atoms with E-state index >= 15 is 0 Å². The van der Waals surface area contributed by atoms with Gasteiger partial charge in [0.05, 0.1) is 6.10 Å². The van der Waals surface area contributed by atoms with E-state index in [0.29, 0.717) is 16.5 Å². The van der Waals surface area contributed by atoms with Crippen LogP contribution in [0.4, 0.5) is 0 Å². The minimum atomic E-state index is -0.657. The van der Waals surface area contributed by atoms with Gasteiger partial charge in [-0.2, -0.15) is 0 Å². The molecule has 0 bridgehead atoms. The molecule has 0 amide bonds. The number of benzene rings is 1. The number of aliphatic hydroxyl groups is 1. The fourth-order valence-electron chi connectivity index (χ4n) is 1.71. The molecule has 0 aliphatic carbocycles. The van der Waals surface area contributed by atoms with Gasteiger partial charge in [-0.25, -0.2) is 0 Å². The van der Waals surface area contributed by atoms with Crippen LogP contribution in [0.5, 0.6) is 0 Å². The van der Waals surface area contributed by atoms with Crippen molar-refractivity contribution in [2.75, 3.05) is 0 Å². The summed E-state index contributed by atoms with van der Waals surface area (Å²) >= 11 is 12.2. The molecule has 1 N–H and O–H groups in total. The SMILES string of the molecule is Cc1ccc(C(O)Cc2c(Cl)cccc2Cl)cn1. The third-order valence-electron chi connectivity index (χ3n) is 2.78. The molecule has 1 aromatic heterocycles. The fraction of sp³-hybridized carbons (Fsp3) is 0.214. The summed E-state index contributed by atoms with van der Waals surface area (Å²) in [5, 5.41) is 11.3. The summed E-state index contributed by atoms with van der Waals surface area (Å²) in [4.78, 5) is 4.16. The van der Waals surface area contributed by atoms with Gasteiger partial charge in [-0.3, -0.25) is 4.98 Å². The smallest absolute Gasteiger partial charge is 0.0846 e. The van der Waals surface area contributed by atoms with E-state index in [2.05, 4.69) is 4.98 Å². The highest BCUT2D eigenvalue weighted by Gasteiger charge is 2.13. The third-order valence-corrected chi connectivity index (χ3v) is 3.49. The van der Waals surface area contributed by atoms with E-state index in [4.69, 9.17) is 23.2 Å². The van der Waals surface area contributed by atoms with E-state index in [1.807, 2.05) is 19.1 Å². The lowest BCUT2D eigenvalue weighted by molar-refractivity contribution is 0.178. The molecule has 2 aromatic rings. The van der Waals surface area contributed by atoms with Crippen molar-refractivity contribution in [3.8, 4) is 0 Å². The molecular formula is C14H13Cl2NO. The van der Waals surface area contributed by atoms with Crippen molar-refractivity contribution in [1.29, 1.82) is 0 Å². The number of hydrogen-bond donors (Lipinski definition) is 1. The topological polar surface area (TPSA) is 33.1 Å². The molecule has 0 radical (unpaired) electrons. The third kappa shape index (κ3) is 3.02. The molecule has 0 aliphatic heterocycles. The first kappa shape index (κ1) is 13.3. The standard InChI is InChI=1S/C14H13Cl2NO/c1-9-5-6-10(8-17-9)14(18)7-11-12(15)3-2-4-13(11)16/h2-6,8,14,18H,7H2,1H3. The summed E-state index contributed by atoms with van der Waals surface area (Å²) in [6.07, 6.45) is 1.39. The number of hydrogen-bond acceptors (Lipinski definition) is 2. The Balaban J connectivity index is 2.21. The molecule has 94 valence electrons. The van der Waals surface area contributed by atoms with Crippen molar-refractivity contribution in [2.24, 2.45) is 0 Å². The number of halogens is 2. The van der Waals surface area contributed by atoms with Gasteiger partial charge in [-0.15, -0.1) is 0 Å². The summed E-state index contributed by atoms with van der Waals surface area (Å²) in [7, 11) is 0. The Hall–Kier alpha value is -1.09.